The van der Waals surface area contributed by atoms with Crippen LogP contribution in [-0.2, 0) is 6.42 Å². The third kappa shape index (κ3) is 3.07. The number of hydrogen-bond donors (Lipinski definition) is 2. The van der Waals surface area contributed by atoms with E-state index in [9.17, 15) is 0 Å². The molecule has 0 radical (unpaired) electrons. The Bertz CT molecular complexity index is 551. The van der Waals surface area contributed by atoms with Crippen LogP contribution in [0.2, 0.25) is 0 Å². The highest BCUT2D eigenvalue weighted by molar-refractivity contribution is 7.71. The Morgan fingerprint density at radius 2 is 1.83 bits per heavy atom. The van der Waals surface area contributed by atoms with Gasteiger partial charge in [0.15, 0.2) is 4.77 Å². The molecule has 0 aliphatic heterocycles. The zero-order chi connectivity index (χ0) is 13.1. The Morgan fingerprint density at radius 1 is 1.17 bits per heavy atom. The summed E-state index contributed by atoms with van der Waals surface area (Å²) >= 11 is 5.00. The Kier molecular flexibility index (Phi) is 3.97. The predicted molar refractivity (Wildman–Crippen MR) is 76.3 cm³/mol. The van der Waals surface area contributed by atoms with Crippen molar-refractivity contribution in [1.29, 1.82) is 0 Å². The van der Waals surface area contributed by atoms with E-state index in [1.54, 1.807) is 0 Å². The SMILES string of the molecule is CC(C)Cc1ccc(C(C)c2n[nH]c(=S)[nH]2)cc1. The van der Waals surface area contributed by atoms with Crippen molar-refractivity contribution < 1.29 is 0 Å². The fourth-order valence-electron chi connectivity index (χ4n) is 2.06. The molecule has 0 saturated heterocycles. The maximum absolute atomic E-state index is 5.00. The van der Waals surface area contributed by atoms with Gasteiger partial charge < -0.3 is 4.98 Å². The summed E-state index contributed by atoms with van der Waals surface area (Å²) in [6.45, 7) is 6.60. The van der Waals surface area contributed by atoms with Crippen LogP contribution in [0.4, 0.5) is 0 Å². The van der Waals surface area contributed by atoms with E-state index < -0.39 is 0 Å². The minimum Gasteiger partial charge on any atom is -0.318 e. The molecule has 18 heavy (non-hydrogen) atoms. The molecule has 1 unspecified atom stereocenters. The molecule has 1 aromatic heterocycles. The first-order chi connectivity index (χ1) is 8.56. The Balaban J connectivity index is 2.16. The maximum Gasteiger partial charge on any atom is 0.192 e. The van der Waals surface area contributed by atoms with Gasteiger partial charge in [0.2, 0.25) is 0 Å². The van der Waals surface area contributed by atoms with E-state index in [2.05, 4.69) is 60.2 Å². The van der Waals surface area contributed by atoms with Gasteiger partial charge >= 0.3 is 0 Å². The lowest BCUT2D eigenvalue weighted by atomic mass is 9.96. The quantitative estimate of drug-likeness (QED) is 0.822. The smallest absolute Gasteiger partial charge is 0.192 e. The average molecular weight is 261 g/mol. The van der Waals surface area contributed by atoms with Gasteiger partial charge in [0.05, 0.1) is 0 Å². The largest absolute Gasteiger partial charge is 0.318 e. The molecule has 0 fully saturated rings. The van der Waals surface area contributed by atoms with Crippen molar-refractivity contribution in [3.05, 3.63) is 46.0 Å². The van der Waals surface area contributed by atoms with E-state index in [1.807, 2.05) is 0 Å². The molecular formula is C14H19N3S. The molecule has 1 atom stereocenters. The van der Waals surface area contributed by atoms with Crippen LogP contribution in [0.25, 0.3) is 0 Å². The van der Waals surface area contributed by atoms with Crippen LogP contribution in [0, 0.1) is 10.7 Å². The second kappa shape index (κ2) is 5.48. The van der Waals surface area contributed by atoms with E-state index in [1.165, 1.54) is 11.1 Å². The molecule has 1 heterocycles. The summed E-state index contributed by atoms with van der Waals surface area (Å²) in [5.41, 5.74) is 2.64. The maximum atomic E-state index is 5.00. The number of rotatable bonds is 4. The molecule has 96 valence electrons. The molecule has 0 bridgehead atoms. The first kappa shape index (κ1) is 13.0. The molecule has 2 aromatic rings. The molecule has 0 aliphatic carbocycles. The number of nitrogens with zero attached hydrogens (tertiary/aromatic N) is 1. The minimum atomic E-state index is 0.228. The molecule has 2 N–H and O–H groups in total. The number of aromatic amines is 2. The van der Waals surface area contributed by atoms with E-state index in [4.69, 9.17) is 12.2 Å². The van der Waals surface area contributed by atoms with Crippen LogP contribution in [0.3, 0.4) is 0 Å². The third-order valence-electron chi connectivity index (χ3n) is 3.05. The second-order valence-corrected chi connectivity index (χ2v) is 5.53. The Morgan fingerprint density at radius 3 is 2.33 bits per heavy atom. The van der Waals surface area contributed by atoms with Crippen LogP contribution in [0.5, 0.6) is 0 Å². The Labute approximate surface area is 113 Å². The molecule has 0 saturated carbocycles. The highest BCUT2D eigenvalue weighted by Gasteiger charge is 2.11. The van der Waals surface area contributed by atoms with E-state index >= 15 is 0 Å². The summed E-state index contributed by atoms with van der Waals surface area (Å²) in [6.07, 6.45) is 1.12. The zero-order valence-corrected chi connectivity index (χ0v) is 11.8. The lowest BCUT2D eigenvalue weighted by Gasteiger charge is -2.10. The minimum absolute atomic E-state index is 0.228. The molecule has 4 heteroatoms. The molecule has 0 spiro atoms. The molecule has 2 rings (SSSR count). The van der Waals surface area contributed by atoms with Crippen molar-refractivity contribution in [3.63, 3.8) is 0 Å². The first-order valence-electron chi connectivity index (χ1n) is 6.29. The van der Waals surface area contributed by atoms with Gasteiger partial charge in [-0.25, -0.2) is 0 Å². The van der Waals surface area contributed by atoms with Crippen molar-refractivity contribution in [2.24, 2.45) is 5.92 Å². The van der Waals surface area contributed by atoms with Crippen molar-refractivity contribution >= 4 is 12.2 Å². The molecular weight excluding hydrogens is 242 g/mol. The lowest BCUT2D eigenvalue weighted by Crippen LogP contribution is -2.00. The number of aromatic nitrogens is 3. The summed E-state index contributed by atoms with van der Waals surface area (Å²) in [7, 11) is 0. The van der Waals surface area contributed by atoms with E-state index in [0.29, 0.717) is 10.7 Å². The standard InChI is InChI=1S/C14H19N3S/c1-9(2)8-11-4-6-12(7-5-11)10(3)13-15-14(18)17-16-13/h4-7,9-10H,8H2,1-3H3,(H2,15,16,17,18). The van der Waals surface area contributed by atoms with Gasteiger partial charge in [0.25, 0.3) is 0 Å². The lowest BCUT2D eigenvalue weighted by molar-refractivity contribution is 0.647. The van der Waals surface area contributed by atoms with Crippen molar-refractivity contribution in [2.75, 3.05) is 0 Å². The van der Waals surface area contributed by atoms with Crippen molar-refractivity contribution in [3.8, 4) is 0 Å². The predicted octanol–water partition coefficient (Wildman–Crippen LogP) is 3.82. The molecule has 0 amide bonds. The molecule has 1 aromatic carbocycles. The van der Waals surface area contributed by atoms with Gasteiger partial charge in [-0.1, -0.05) is 45.0 Å². The highest BCUT2D eigenvalue weighted by atomic mass is 32.1. The molecule has 3 nitrogen and oxygen atoms in total. The average Bonchev–Trinajstić information content (AvgIpc) is 2.75. The van der Waals surface area contributed by atoms with Gasteiger partial charge in [-0.15, -0.1) is 0 Å². The van der Waals surface area contributed by atoms with E-state index in [-0.39, 0.29) is 5.92 Å². The zero-order valence-electron chi connectivity index (χ0n) is 11.0. The topological polar surface area (TPSA) is 44.5 Å². The van der Waals surface area contributed by atoms with Gasteiger partial charge in [-0.3, -0.25) is 5.10 Å². The first-order valence-corrected chi connectivity index (χ1v) is 6.70. The van der Waals surface area contributed by atoms with Crippen LogP contribution < -0.4 is 0 Å². The number of nitrogens with one attached hydrogen (secondary N) is 2. The Hall–Kier alpha value is -1.42. The monoisotopic (exact) mass is 261 g/mol. The van der Waals surface area contributed by atoms with Crippen LogP contribution in [-0.4, -0.2) is 15.2 Å². The summed E-state index contributed by atoms with van der Waals surface area (Å²) in [5, 5.41) is 6.94. The van der Waals surface area contributed by atoms with Crippen LogP contribution in [0.1, 0.15) is 43.6 Å². The normalized spacial score (nSPS) is 12.9. The van der Waals surface area contributed by atoms with Gasteiger partial charge in [0, 0.05) is 5.92 Å². The van der Waals surface area contributed by atoms with Crippen molar-refractivity contribution in [1.82, 2.24) is 15.2 Å². The number of hydrogen-bond acceptors (Lipinski definition) is 2. The number of benzene rings is 1. The summed E-state index contributed by atoms with van der Waals surface area (Å²) < 4.78 is 0.577. The highest BCUT2D eigenvalue weighted by Crippen LogP contribution is 2.21. The van der Waals surface area contributed by atoms with Gasteiger partial charge in [-0.05, 0) is 35.7 Å². The van der Waals surface area contributed by atoms with Gasteiger partial charge in [0.1, 0.15) is 5.82 Å². The molecule has 0 aliphatic rings. The van der Waals surface area contributed by atoms with Crippen molar-refractivity contribution in [2.45, 2.75) is 33.1 Å². The van der Waals surface area contributed by atoms with Crippen LogP contribution >= 0.6 is 12.2 Å². The van der Waals surface area contributed by atoms with Gasteiger partial charge in [-0.2, -0.15) is 5.10 Å². The fourth-order valence-corrected chi connectivity index (χ4v) is 2.21. The summed E-state index contributed by atoms with van der Waals surface area (Å²) in [4.78, 5) is 3.07. The second-order valence-electron chi connectivity index (χ2n) is 5.12. The van der Waals surface area contributed by atoms with Crippen LogP contribution in [0.15, 0.2) is 24.3 Å². The number of H-pyrrole nitrogens is 2. The summed E-state index contributed by atoms with van der Waals surface area (Å²) in [5.74, 6) is 1.80. The van der Waals surface area contributed by atoms with E-state index in [0.717, 1.165) is 12.2 Å². The third-order valence-corrected chi connectivity index (χ3v) is 3.25. The summed E-state index contributed by atoms with van der Waals surface area (Å²) in [6, 6.07) is 8.75. The fraction of sp³-hybridized carbons (Fsp3) is 0.429.